The van der Waals surface area contributed by atoms with Crippen molar-refractivity contribution in [1.82, 2.24) is 15.1 Å². The lowest BCUT2D eigenvalue weighted by molar-refractivity contribution is -0.136. The highest BCUT2D eigenvalue weighted by Gasteiger charge is 2.29. The molecule has 2 aromatic carbocycles. The van der Waals surface area contributed by atoms with Gasteiger partial charge in [0.2, 0.25) is 5.91 Å². The molecule has 166 valence electrons. The molecular weight excluding hydrogens is 400 g/mol. The van der Waals surface area contributed by atoms with Crippen LogP contribution in [0.3, 0.4) is 0 Å². The predicted octanol–water partition coefficient (Wildman–Crippen LogP) is 4.42. The molecule has 0 aliphatic carbocycles. The molecule has 0 spiro atoms. The first kappa shape index (κ1) is 21.8. The molecule has 1 atom stereocenters. The average molecular weight is 431 g/mol. The summed E-state index contributed by atoms with van der Waals surface area (Å²) >= 11 is 0. The molecule has 6 heteroatoms. The summed E-state index contributed by atoms with van der Waals surface area (Å²) in [6, 6.07) is 21.9. The Kier molecular flexibility index (Phi) is 7.00. The number of hydrogen-bond donors (Lipinski definition) is 0. The molecule has 1 saturated heterocycles. The summed E-state index contributed by atoms with van der Waals surface area (Å²) in [7, 11) is 1.66. The van der Waals surface area contributed by atoms with Gasteiger partial charge in [0.25, 0.3) is 0 Å². The van der Waals surface area contributed by atoms with Gasteiger partial charge in [0, 0.05) is 31.7 Å². The van der Waals surface area contributed by atoms with Crippen LogP contribution < -0.4 is 9.64 Å². The summed E-state index contributed by atoms with van der Waals surface area (Å²) in [4.78, 5) is 17.4. The van der Waals surface area contributed by atoms with E-state index in [1.165, 1.54) is 0 Å². The molecule has 0 saturated carbocycles. The van der Waals surface area contributed by atoms with Crippen LogP contribution in [0, 0.1) is 5.92 Å². The Bertz CT molecular complexity index is 1020. The van der Waals surface area contributed by atoms with Crippen molar-refractivity contribution in [3.8, 4) is 17.0 Å². The number of methoxy groups -OCH3 is 1. The third-order valence-electron chi connectivity index (χ3n) is 6.04. The number of aromatic nitrogens is 2. The number of nitrogens with zero attached hydrogens (tertiary/aromatic N) is 4. The van der Waals surface area contributed by atoms with Gasteiger partial charge in [0.15, 0.2) is 5.82 Å². The largest absolute Gasteiger partial charge is 0.496 e. The van der Waals surface area contributed by atoms with Gasteiger partial charge in [-0.25, -0.2) is 0 Å². The minimum atomic E-state index is -0.0249. The lowest BCUT2D eigenvalue weighted by Crippen LogP contribution is -2.45. The summed E-state index contributed by atoms with van der Waals surface area (Å²) < 4.78 is 5.44. The Morgan fingerprint density at radius 1 is 1.06 bits per heavy atom. The molecule has 32 heavy (non-hydrogen) atoms. The van der Waals surface area contributed by atoms with Crippen LogP contribution in [0.2, 0.25) is 0 Å². The van der Waals surface area contributed by atoms with E-state index in [-0.39, 0.29) is 11.8 Å². The number of piperidine rings is 1. The van der Waals surface area contributed by atoms with Crippen molar-refractivity contribution < 1.29 is 9.53 Å². The van der Waals surface area contributed by atoms with Crippen molar-refractivity contribution in [2.24, 2.45) is 5.92 Å². The van der Waals surface area contributed by atoms with Gasteiger partial charge in [0.1, 0.15) is 5.75 Å². The molecule has 1 amide bonds. The number of carbonyl (C=O) groups is 1. The number of hydrogen-bond acceptors (Lipinski definition) is 5. The van der Waals surface area contributed by atoms with Crippen molar-refractivity contribution in [2.75, 3.05) is 31.6 Å². The maximum Gasteiger partial charge on any atom is 0.227 e. The highest BCUT2D eigenvalue weighted by atomic mass is 16.5. The van der Waals surface area contributed by atoms with Gasteiger partial charge < -0.3 is 14.5 Å². The van der Waals surface area contributed by atoms with E-state index in [9.17, 15) is 4.79 Å². The smallest absolute Gasteiger partial charge is 0.227 e. The molecule has 6 nitrogen and oxygen atoms in total. The molecule has 3 aromatic rings. The third kappa shape index (κ3) is 4.90. The molecule has 4 rings (SSSR count). The molecule has 2 heterocycles. The van der Waals surface area contributed by atoms with E-state index in [1.54, 1.807) is 7.11 Å². The monoisotopic (exact) mass is 430 g/mol. The summed E-state index contributed by atoms with van der Waals surface area (Å²) in [5, 5.41) is 8.92. The van der Waals surface area contributed by atoms with Gasteiger partial charge in [-0.05, 0) is 49.6 Å². The standard InChI is InChI=1S/C26H30N4O2/c1-3-29(18-20-10-5-4-6-11-20)26(31)21-12-9-17-30(19-21)25-16-15-23(27-28-25)22-13-7-8-14-24(22)32-2/h4-8,10-11,13-16,21H,3,9,12,17-19H2,1-2H3. The van der Waals surface area contributed by atoms with E-state index in [4.69, 9.17) is 4.74 Å². The minimum Gasteiger partial charge on any atom is -0.496 e. The van der Waals surface area contributed by atoms with Crippen molar-refractivity contribution in [1.29, 1.82) is 0 Å². The fraction of sp³-hybridized carbons (Fsp3) is 0.346. The van der Waals surface area contributed by atoms with E-state index in [2.05, 4.69) is 27.2 Å². The quantitative estimate of drug-likeness (QED) is 0.555. The van der Waals surface area contributed by atoms with Crippen LogP contribution in [0.25, 0.3) is 11.3 Å². The second-order valence-electron chi connectivity index (χ2n) is 8.10. The summed E-state index contributed by atoms with van der Waals surface area (Å²) in [6.45, 7) is 4.96. The van der Waals surface area contributed by atoms with E-state index in [1.807, 2.05) is 66.4 Å². The molecule has 1 aliphatic heterocycles. The van der Waals surface area contributed by atoms with Crippen LogP contribution in [0.4, 0.5) is 5.82 Å². The van der Waals surface area contributed by atoms with E-state index in [0.717, 1.165) is 47.8 Å². The van der Waals surface area contributed by atoms with Crippen LogP contribution >= 0.6 is 0 Å². The maximum atomic E-state index is 13.3. The van der Waals surface area contributed by atoms with E-state index >= 15 is 0 Å². The van der Waals surface area contributed by atoms with Crippen LogP contribution in [-0.2, 0) is 11.3 Å². The Morgan fingerprint density at radius 3 is 2.56 bits per heavy atom. The van der Waals surface area contributed by atoms with Gasteiger partial charge in [-0.15, -0.1) is 10.2 Å². The minimum absolute atomic E-state index is 0.0249. The lowest BCUT2D eigenvalue weighted by atomic mass is 9.96. The van der Waals surface area contributed by atoms with Crippen molar-refractivity contribution in [2.45, 2.75) is 26.3 Å². The zero-order chi connectivity index (χ0) is 22.3. The van der Waals surface area contributed by atoms with Gasteiger partial charge in [-0.3, -0.25) is 4.79 Å². The van der Waals surface area contributed by atoms with Gasteiger partial charge >= 0.3 is 0 Å². The maximum absolute atomic E-state index is 13.3. The molecule has 1 aliphatic rings. The Labute approximate surface area is 189 Å². The van der Waals surface area contributed by atoms with Crippen LogP contribution in [0.5, 0.6) is 5.75 Å². The molecule has 0 N–H and O–H groups in total. The molecule has 1 aromatic heterocycles. The molecule has 0 bridgehead atoms. The highest BCUT2D eigenvalue weighted by molar-refractivity contribution is 5.79. The number of carbonyl (C=O) groups excluding carboxylic acids is 1. The molecule has 0 radical (unpaired) electrons. The van der Waals surface area contributed by atoms with E-state index in [0.29, 0.717) is 19.6 Å². The first-order valence-electron chi connectivity index (χ1n) is 11.2. The number of para-hydroxylation sites is 1. The van der Waals surface area contributed by atoms with E-state index < -0.39 is 0 Å². The average Bonchev–Trinajstić information content (AvgIpc) is 2.87. The van der Waals surface area contributed by atoms with Gasteiger partial charge in [-0.1, -0.05) is 42.5 Å². The molecular formula is C26H30N4O2. The fourth-order valence-electron chi connectivity index (χ4n) is 4.29. The predicted molar refractivity (Wildman–Crippen MR) is 126 cm³/mol. The summed E-state index contributed by atoms with van der Waals surface area (Å²) in [5.74, 6) is 1.78. The Hall–Kier alpha value is -3.41. The van der Waals surface area contributed by atoms with Crippen LogP contribution in [0.15, 0.2) is 66.7 Å². The number of rotatable bonds is 7. The second kappa shape index (κ2) is 10.3. The van der Waals surface area contributed by atoms with Crippen molar-refractivity contribution >= 4 is 11.7 Å². The summed E-state index contributed by atoms with van der Waals surface area (Å²) in [6.07, 6.45) is 1.88. The zero-order valence-electron chi connectivity index (χ0n) is 18.8. The van der Waals surface area contributed by atoms with Crippen molar-refractivity contribution in [3.05, 3.63) is 72.3 Å². The fourth-order valence-corrected chi connectivity index (χ4v) is 4.29. The normalized spacial score (nSPS) is 15.9. The highest BCUT2D eigenvalue weighted by Crippen LogP contribution is 2.29. The SMILES string of the molecule is CCN(Cc1ccccc1)C(=O)C1CCCN(c2ccc(-c3ccccc3OC)nn2)C1. The number of benzene rings is 2. The number of amides is 1. The zero-order valence-corrected chi connectivity index (χ0v) is 18.8. The van der Waals surface area contributed by atoms with Gasteiger partial charge in [-0.2, -0.15) is 0 Å². The van der Waals surface area contributed by atoms with Gasteiger partial charge in [0.05, 0.1) is 18.7 Å². The first-order chi connectivity index (χ1) is 15.7. The Balaban J connectivity index is 1.44. The van der Waals surface area contributed by atoms with Crippen molar-refractivity contribution in [3.63, 3.8) is 0 Å². The molecule has 1 fully saturated rings. The number of anilines is 1. The third-order valence-corrected chi connectivity index (χ3v) is 6.04. The first-order valence-corrected chi connectivity index (χ1v) is 11.2. The topological polar surface area (TPSA) is 58.6 Å². The second-order valence-corrected chi connectivity index (χ2v) is 8.10. The molecule has 1 unspecified atom stereocenters. The Morgan fingerprint density at radius 2 is 1.84 bits per heavy atom. The number of ether oxygens (including phenoxy) is 1. The van der Waals surface area contributed by atoms with Crippen LogP contribution in [0.1, 0.15) is 25.3 Å². The van der Waals surface area contributed by atoms with Crippen LogP contribution in [-0.4, -0.2) is 47.7 Å². The lowest BCUT2D eigenvalue weighted by Gasteiger charge is -2.35. The summed E-state index contributed by atoms with van der Waals surface area (Å²) in [5.41, 5.74) is 2.85.